The van der Waals surface area contributed by atoms with Crippen LogP contribution < -0.4 is 15.2 Å². The lowest BCUT2D eigenvalue weighted by molar-refractivity contribution is -0.119. The third-order valence-corrected chi connectivity index (χ3v) is 6.44. The number of nitrogens with one attached hydrogen (secondary N) is 1. The Balaban J connectivity index is 1.94. The average molecular weight is 434 g/mol. The molecule has 0 radical (unpaired) electrons. The van der Waals surface area contributed by atoms with Gasteiger partial charge in [-0.3, -0.25) is 19.9 Å². The smallest absolute Gasteiger partial charge is 0.228 e. The van der Waals surface area contributed by atoms with Gasteiger partial charge < -0.3 is 15.2 Å². The zero-order valence-corrected chi connectivity index (χ0v) is 17.5. The Labute approximate surface area is 182 Å². The van der Waals surface area contributed by atoms with Gasteiger partial charge in [0.2, 0.25) is 5.12 Å². The monoisotopic (exact) mass is 434 g/mol. The molecule has 2 aliphatic heterocycles. The molecular weight excluding hydrogens is 416 g/mol. The first-order valence-corrected chi connectivity index (χ1v) is 10.0. The number of thioether (sulfide) groups is 1. The van der Waals surface area contributed by atoms with Crippen LogP contribution in [0.1, 0.15) is 15.9 Å². The van der Waals surface area contributed by atoms with E-state index in [9.17, 15) is 14.9 Å². The van der Waals surface area contributed by atoms with Crippen LogP contribution in [0.4, 0.5) is 0 Å². The number of hydrogen-bond donors (Lipinski definition) is 2. The largest absolute Gasteiger partial charge is 0.497 e. The number of Topliss-reactive ketones (excluding diaryl/α,β-unsaturated/α-hetero) is 1. The van der Waals surface area contributed by atoms with E-state index < -0.39 is 22.4 Å². The van der Waals surface area contributed by atoms with Gasteiger partial charge in [0, 0.05) is 5.56 Å². The van der Waals surface area contributed by atoms with E-state index in [-0.39, 0.29) is 16.6 Å². The van der Waals surface area contributed by atoms with Crippen LogP contribution in [0.2, 0.25) is 0 Å². The number of carbonyl (C=O) groups excluding carboxylic acids is 2. The molecule has 2 aliphatic rings. The standard InChI is InChI=1S/C22H18N4O4S/c1-29-14-7-3-12(4-8-14)18(27)17-16(11-23)19(24)26-21(25)31-20(28)22(17,26)13-5-9-15(30-2)10-6-13/h3-10,17,25H,24H2,1-2H3. The Kier molecular flexibility index (Phi) is 4.95. The number of nitrogens with two attached hydrogens (primary N) is 1. The molecule has 2 aromatic rings. The van der Waals surface area contributed by atoms with Gasteiger partial charge in [-0.25, -0.2) is 0 Å². The number of methoxy groups -OCH3 is 2. The third kappa shape index (κ3) is 2.79. The van der Waals surface area contributed by atoms with Crippen molar-refractivity contribution in [2.45, 2.75) is 5.54 Å². The maximum absolute atomic E-state index is 13.7. The molecule has 1 saturated heterocycles. The molecule has 2 heterocycles. The predicted molar refractivity (Wildman–Crippen MR) is 114 cm³/mol. The predicted octanol–water partition coefficient (Wildman–Crippen LogP) is 2.62. The zero-order chi connectivity index (χ0) is 22.3. The highest BCUT2D eigenvalue weighted by Crippen LogP contribution is 2.56. The lowest BCUT2D eigenvalue weighted by Gasteiger charge is -2.35. The van der Waals surface area contributed by atoms with Gasteiger partial charge in [0.25, 0.3) is 0 Å². The van der Waals surface area contributed by atoms with Crippen LogP contribution in [0.25, 0.3) is 0 Å². The highest BCUT2D eigenvalue weighted by Gasteiger charge is 2.66. The summed E-state index contributed by atoms with van der Waals surface area (Å²) < 4.78 is 10.4. The van der Waals surface area contributed by atoms with Gasteiger partial charge in [-0.05, 0) is 53.7 Å². The summed E-state index contributed by atoms with van der Waals surface area (Å²) in [7, 11) is 3.03. The summed E-state index contributed by atoms with van der Waals surface area (Å²) >= 11 is 0.698. The second-order valence-corrected chi connectivity index (χ2v) is 7.92. The van der Waals surface area contributed by atoms with E-state index >= 15 is 0 Å². The molecule has 0 saturated carbocycles. The highest BCUT2D eigenvalue weighted by molar-refractivity contribution is 8.26. The molecule has 31 heavy (non-hydrogen) atoms. The third-order valence-electron chi connectivity index (χ3n) is 5.57. The van der Waals surface area contributed by atoms with Crippen LogP contribution in [-0.4, -0.2) is 35.2 Å². The van der Waals surface area contributed by atoms with Gasteiger partial charge in [-0.15, -0.1) is 0 Å². The molecule has 3 N–H and O–H groups in total. The summed E-state index contributed by atoms with van der Waals surface area (Å²) in [5, 5.41) is 17.6. The van der Waals surface area contributed by atoms with E-state index in [0.717, 1.165) is 0 Å². The maximum atomic E-state index is 13.7. The fourth-order valence-electron chi connectivity index (χ4n) is 4.11. The van der Waals surface area contributed by atoms with Gasteiger partial charge >= 0.3 is 0 Å². The van der Waals surface area contributed by atoms with Gasteiger partial charge in [-0.1, -0.05) is 12.1 Å². The van der Waals surface area contributed by atoms with Crippen molar-refractivity contribution in [3.8, 4) is 17.6 Å². The number of ketones is 1. The Morgan fingerprint density at radius 2 is 1.68 bits per heavy atom. The lowest BCUT2D eigenvalue weighted by atomic mass is 9.73. The summed E-state index contributed by atoms with van der Waals surface area (Å²) in [6.45, 7) is 0. The number of amidine groups is 1. The van der Waals surface area contributed by atoms with E-state index in [2.05, 4.69) is 0 Å². The van der Waals surface area contributed by atoms with Crippen molar-refractivity contribution in [2.75, 3.05) is 14.2 Å². The highest BCUT2D eigenvalue weighted by atomic mass is 32.2. The Morgan fingerprint density at radius 1 is 1.13 bits per heavy atom. The molecule has 0 spiro atoms. The first-order valence-electron chi connectivity index (χ1n) is 9.23. The van der Waals surface area contributed by atoms with Gasteiger partial charge in [0.1, 0.15) is 17.3 Å². The SMILES string of the molecule is COc1ccc(C(=O)C2C(C#N)=C(N)N3C(=N)SC(=O)C23c2ccc(OC)cc2)cc1. The number of nitriles is 1. The lowest BCUT2D eigenvalue weighted by Crippen LogP contribution is -2.50. The topological polar surface area (TPSA) is 129 Å². The van der Waals surface area contributed by atoms with Gasteiger partial charge in [-0.2, -0.15) is 5.26 Å². The Morgan fingerprint density at radius 3 is 2.19 bits per heavy atom. The van der Waals surface area contributed by atoms with Crippen LogP contribution in [0.3, 0.4) is 0 Å². The minimum absolute atomic E-state index is 0.0324. The first-order chi connectivity index (χ1) is 14.9. The number of hydrogen-bond acceptors (Lipinski definition) is 8. The van der Waals surface area contributed by atoms with E-state index in [0.29, 0.717) is 34.4 Å². The number of fused-ring (bicyclic) bond motifs is 1. The van der Waals surface area contributed by atoms with E-state index in [1.165, 1.54) is 19.1 Å². The molecule has 4 rings (SSSR count). The van der Waals surface area contributed by atoms with Crippen LogP contribution in [0.15, 0.2) is 59.9 Å². The molecule has 2 unspecified atom stereocenters. The molecule has 8 nitrogen and oxygen atoms in total. The molecule has 156 valence electrons. The van der Waals surface area contributed by atoms with Crippen molar-refractivity contribution in [1.82, 2.24) is 4.90 Å². The van der Waals surface area contributed by atoms with Crippen molar-refractivity contribution in [3.63, 3.8) is 0 Å². The number of rotatable bonds is 5. The van der Waals surface area contributed by atoms with Crippen LogP contribution >= 0.6 is 11.8 Å². The molecule has 0 aromatic heterocycles. The molecule has 0 bridgehead atoms. The number of carbonyl (C=O) groups is 2. The molecule has 9 heteroatoms. The summed E-state index contributed by atoms with van der Waals surface area (Å²) in [5.41, 5.74) is 5.34. The van der Waals surface area contributed by atoms with Crippen LogP contribution in [0, 0.1) is 22.7 Å². The van der Waals surface area contributed by atoms with E-state index in [1.54, 1.807) is 48.5 Å². The van der Waals surface area contributed by atoms with E-state index in [1.807, 2.05) is 6.07 Å². The number of benzene rings is 2. The van der Waals surface area contributed by atoms with Crippen molar-refractivity contribution in [2.24, 2.45) is 11.7 Å². The zero-order valence-electron chi connectivity index (χ0n) is 16.7. The molecule has 2 atom stereocenters. The molecule has 0 aliphatic carbocycles. The fraction of sp³-hybridized carbons (Fsp3) is 0.182. The van der Waals surface area contributed by atoms with Crippen molar-refractivity contribution in [1.29, 1.82) is 10.7 Å². The summed E-state index contributed by atoms with van der Waals surface area (Å²) in [4.78, 5) is 28.4. The van der Waals surface area contributed by atoms with Crippen molar-refractivity contribution < 1.29 is 19.1 Å². The van der Waals surface area contributed by atoms with Crippen molar-refractivity contribution in [3.05, 3.63) is 71.1 Å². The van der Waals surface area contributed by atoms with Gasteiger partial charge in [0.15, 0.2) is 16.5 Å². The maximum Gasteiger partial charge on any atom is 0.228 e. The number of nitrogens with zero attached hydrogens (tertiary/aromatic N) is 2. The summed E-state index contributed by atoms with van der Waals surface area (Å²) in [6.07, 6.45) is 0. The normalized spacial score (nSPS) is 22.4. The van der Waals surface area contributed by atoms with Crippen molar-refractivity contribution >= 4 is 27.8 Å². The summed E-state index contributed by atoms with van der Waals surface area (Å²) in [5.74, 6) is -0.573. The molecular formula is C22H18N4O4S. The molecule has 1 fully saturated rings. The quantitative estimate of drug-likeness (QED) is 0.687. The second kappa shape index (κ2) is 7.49. The first kappa shape index (κ1) is 20.5. The minimum atomic E-state index is -1.62. The molecule has 0 amide bonds. The molecule has 2 aromatic carbocycles. The van der Waals surface area contributed by atoms with Gasteiger partial charge in [0.05, 0.1) is 31.8 Å². The second-order valence-electron chi connectivity index (χ2n) is 6.96. The average Bonchev–Trinajstić information content (AvgIpc) is 3.22. The number of ether oxygens (including phenoxy) is 2. The minimum Gasteiger partial charge on any atom is -0.497 e. The summed E-state index contributed by atoms with van der Waals surface area (Å²) in [6, 6.07) is 15.1. The van der Waals surface area contributed by atoms with E-state index in [4.69, 9.17) is 20.6 Å². The van der Waals surface area contributed by atoms with Crippen LogP contribution in [0.5, 0.6) is 11.5 Å². The van der Waals surface area contributed by atoms with Crippen LogP contribution in [-0.2, 0) is 10.3 Å². The Bertz CT molecular complexity index is 1170. The Hall–Kier alpha value is -3.77. The fourth-order valence-corrected chi connectivity index (χ4v) is 5.10.